The number of hydrogen-bond donors (Lipinski definition) is 0. The van der Waals surface area contributed by atoms with Crippen molar-refractivity contribution in [1.29, 1.82) is 5.26 Å². The molecule has 0 saturated heterocycles. The Morgan fingerprint density at radius 1 is 1.33 bits per heavy atom. The molecule has 0 saturated carbocycles. The lowest BCUT2D eigenvalue weighted by Crippen LogP contribution is -2.04. The molecule has 1 aromatic rings. The van der Waals surface area contributed by atoms with Gasteiger partial charge in [-0.05, 0) is 31.2 Å². The van der Waals surface area contributed by atoms with Crippen LogP contribution in [-0.2, 0) is 9.84 Å². The second-order valence-electron chi connectivity index (χ2n) is 2.99. The van der Waals surface area contributed by atoms with Crippen LogP contribution in [0.4, 0.5) is 0 Å². The van der Waals surface area contributed by atoms with Crippen LogP contribution in [0.25, 0.3) is 0 Å². The van der Waals surface area contributed by atoms with Gasteiger partial charge in [0.15, 0.2) is 9.84 Å². The molecule has 3 nitrogen and oxygen atoms in total. The van der Waals surface area contributed by atoms with Crippen molar-refractivity contribution >= 4 is 9.84 Å². The summed E-state index contributed by atoms with van der Waals surface area (Å²) in [5.74, 6) is -0.00456. The van der Waals surface area contributed by atoms with Crippen LogP contribution >= 0.6 is 0 Å². The summed E-state index contributed by atoms with van der Waals surface area (Å²) in [6.45, 7) is 1.77. The van der Waals surface area contributed by atoms with E-state index in [4.69, 9.17) is 5.26 Å². The quantitative estimate of drug-likeness (QED) is 0.732. The summed E-state index contributed by atoms with van der Waals surface area (Å²) in [6, 6.07) is 7.86. The Kier molecular flexibility index (Phi) is 3.64. The van der Waals surface area contributed by atoms with Crippen LogP contribution in [0.15, 0.2) is 41.3 Å². The second kappa shape index (κ2) is 4.76. The highest BCUT2D eigenvalue weighted by Gasteiger charge is 2.11. The SMILES string of the molecule is CC=CCS(=O)(=O)c1ccc(C#N)cc1. The summed E-state index contributed by atoms with van der Waals surface area (Å²) in [5.41, 5.74) is 0.458. The first-order chi connectivity index (χ1) is 7.10. The highest BCUT2D eigenvalue weighted by molar-refractivity contribution is 7.91. The molecule has 0 amide bonds. The van der Waals surface area contributed by atoms with E-state index in [1.165, 1.54) is 24.3 Å². The summed E-state index contributed by atoms with van der Waals surface area (Å²) in [6.07, 6.45) is 3.29. The number of rotatable bonds is 3. The van der Waals surface area contributed by atoms with Gasteiger partial charge < -0.3 is 0 Å². The molecule has 0 bridgehead atoms. The molecule has 78 valence electrons. The third-order valence-electron chi connectivity index (χ3n) is 1.89. The number of allylic oxidation sites excluding steroid dienone is 1. The van der Waals surface area contributed by atoms with Crippen molar-refractivity contribution in [2.45, 2.75) is 11.8 Å². The number of sulfone groups is 1. The van der Waals surface area contributed by atoms with Gasteiger partial charge in [-0.2, -0.15) is 5.26 Å². The maximum absolute atomic E-state index is 11.7. The van der Waals surface area contributed by atoms with Gasteiger partial charge in [-0.25, -0.2) is 8.42 Å². The Morgan fingerprint density at radius 2 is 1.93 bits per heavy atom. The molecule has 0 fully saturated rings. The third-order valence-corrected chi connectivity index (χ3v) is 3.52. The van der Waals surface area contributed by atoms with Gasteiger partial charge in [-0.3, -0.25) is 0 Å². The molecule has 0 spiro atoms. The van der Waals surface area contributed by atoms with E-state index in [2.05, 4.69) is 0 Å². The fourth-order valence-corrected chi connectivity index (χ4v) is 2.24. The fourth-order valence-electron chi connectivity index (χ4n) is 1.06. The molecule has 1 aromatic carbocycles. The van der Waals surface area contributed by atoms with Crippen LogP contribution < -0.4 is 0 Å². The van der Waals surface area contributed by atoms with Crippen LogP contribution in [-0.4, -0.2) is 14.2 Å². The Bertz CT molecular complexity index is 492. The van der Waals surface area contributed by atoms with Gasteiger partial charge in [-0.15, -0.1) is 0 Å². The molecule has 0 unspecified atom stereocenters. The Hall–Kier alpha value is -1.60. The molecule has 0 N–H and O–H groups in total. The number of nitriles is 1. The molecule has 15 heavy (non-hydrogen) atoms. The zero-order chi connectivity index (χ0) is 11.3. The average molecular weight is 221 g/mol. The van der Waals surface area contributed by atoms with E-state index in [9.17, 15) is 8.42 Å². The van der Waals surface area contributed by atoms with Crippen LogP contribution in [0.5, 0.6) is 0 Å². The molecular formula is C11H11NO2S. The molecule has 0 aromatic heterocycles. The number of benzene rings is 1. The molecule has 1 rings (SSSR count). The van der Waals surface area contributed by atoms with E-state index in [0.29, 0.717) is 5.56 Å². The van der Waals surface area contributed by atoms with Gasteiger partial charge >= 0.3 is 0 Å². The van der Waals surface area contributed by atoms with Crippen LogP contribution in [0.2, 0.25) is 0 Å². The largest absolute Gasteiger partial charge is 0.223 e. The zero-order valence-corrected chi connectivity index (χ0v) is 9.16. The van der Waals surface area contributed by atoms with Crippen LogP contribution in [0.1, 0.15) is 12.5 Å². The van der Waals surface area contributed by atoms with Gasteiger partial charge in [0.1, 0.15) is 0 Å². The third kappa shape index (κ3) is 2.93. The van der Waals surface area contributed by atoms with Gasteiger partial charge in [0.05, 0.1) is 22.3 Å². The predicted octanol–water partition coefficient (Wildman–Crippen LogP) is 1.91. The molecule has 0 aliphatic rings. The number of hydrogen-bond acceptors (Lipinski definition) is 3. The first-order valence-corrected chi connectivity index (χ1v) is 6.09. The summed E-state index contributed by atoms with van der Waals surface area (Å²) < 4.78 is 23.3. The second-order valence-corrected chi connectivity index (χ2v) is 5.02. The van der Waals surface area contributed by atoms with Gasteiger partial charge in [0.25, 0.3) is 0 Å². The van der Waals surface area contributed by atoms with E-state index >= 15 is 0 Å². The van der Waals surface area contributed by atoms with E-state index in [1.54, 1.807) is 19.1 Å². The van der Waals surface area contributed by atoms with Crippen molar-refractivity contribution in [3.05, 3.63) is 42.0 Å². The molecule has 0 atom stereocenters. The van der Waals surface area contributed by atoms with Gasteiger partial charge in [0, 0.05) is 0 Å². The van der Waals surface area contributed by atoms with E-state index in [0.717, 1.165) is 0 Å². The monoisotopic (exact) mass is 221 g/mol. The summed E-state index contributed by atoms with van der Waals surface area (Å²) >= 11 is 0. The number of nitrogens with zero attached hydrogens (tertiary/aromatic N) is 1. The Balaban J connectivity index is 3.02. The molecule has 0 radical (unpaired) electrons. The van der Waals surface area contributed by atoms with E-state index in [1.807, 2.05) is 6.07 Å². The van der Waals surface area contributed by atoms with Crippen molar-refractivity contribution in [3.8, 4) is 6.07 Å². The van der Waals surface area contributed by atoms with E-state index < -0.39 is 9.84 Å². The van der Waals surface area contributed by atoms with Crippen molar-refractivity contribution in [2.75, 3.05) is 5.75 Å². The lowest BCUT2D eigenvalue weighted by Gasteiger charge is -2.00. The topological polar surface area (TPSA) is 57.9 Å². The van der Waals surface area contributed by atoms with Crippen LogP contribution in [0.3, 0.4) is 0 Å². The summed E-state index contributed by atoms with van der Waals surface area (Å²) in [5, 5.41) is 8.56. The maximum Gasteiger partial charge on any atom is 0.181 e. The molecule has 4 heteroatoms. The Labute approximate surface area is 89.6 Å². The molecule has 0 aliphatic carbocycles. The van der Waals surface area contributed by atoms with Gasteiger partial charge in [-0.1, -0.05) is 12.2 Å². The Morgan fingerprint density at radius 3 is 2.40 bits per heavy atom. The van der Waals surface area contributed by atoms with Crippen molar-refractivity contribution in [1.82, 2.24) is 0 Å². The predicted molar refractivity (Wildman–Crippen MR) is 58.0 cm³/mol. The van der Waals surface area contributed by atoms with Crippen molar-refractivity contribution < 1.29 is 8.42 Å². The lowest BCUT2D eigenvalue weighted by atomic mass is 10.2. The van der Waals surface area contributed by atoms with Crippen molar-refractivity contribution in [2.24, 2.45) is 0 Å². The minimum Gasteiger partial charge on any atom is -0.223 e. The maximum atomic E-state index is 11.7. The first-order valence-electron chi connectivity index (χ1n) is 4.44. The lowest BCUT2D eigenvalue weighted by molar-refractivity contribution is 0.599. The van der Waals surface area contributed by atoms with E-state index in [-0.39, 0.29) is 10.6 Å². The molecular weight excluding hydrogens is 210 g/mol. The smallest absolute Gasteiger partial charge is 0.181 e. The highest BCUT2D eigenvalue weighted by Crippen LogP contribution is 2.12. The van der Waals surface area contributed by atoms with Gasteiger partial charge in [0.2, 0.25) is 0 Å². The minimum absolute atomic E-state index is 0.00456. The molecule has 0 heterocycles. The normalized spacial score (nSPS) is 11.5. The minimum atomic E-state index is -3.24. The summed E-state index contributed by atoms with van der Waals surface area (Å²) in [4.78, 5) is 0.250. The summed E-state index contributed by atoms with van der Waals surface area (Å²) in [7, 11) is -3.24. The standard InChI is InChI=1S/C11H11NO2S/c1-2-3-8-15(13,14)11-6-4-10(9-12)5-7-11/h2-7H,8H2,1H3. The highest BCUT2D eigenvalue weighted by atomic mass is 32.2. The zero-order valence-electron chi connectivity index (χ0n) is 8.34. The molecule has 0 aliphatic heterocycles. The first kappa shape index (κ1) is 11.5. The average Bonchev–Trinajstić information content (AvgIpc) is 2.26. The fraction of sp³-hybridized carbons (Fsp3) is 0.182. The van der Waals surface area contributed by atoms with Crippen molar-refractivity contribution in [3.63, 3.8) is 0 Å². The van der Waals surface area contributed by atoms with Crippen LogP contribution in [0, 0.1) is 11.3 Å².